The molecule has 2 unspecified atom stereocenters. The largest absolute Gasteiger partial charge is 0.339 e. The van der Waals surface area contributed by atoms with Gasteiger partial charge in [0, 0.05) is 12.6 Å². The number of carbonyl (C=O) groups is 1. The number of hydrogen-bond acceptors (Lipinski definition) is 2. The Kier molecular flexibility index (Phi) is 4.08. The molecule has 98 valence electrons. The van der Waals surface area contributed by atoms with Crippen molar-refractivity contribution in [2.75, 3.05) is 13.1 Å². The summed E-state index contributed by atoms with van der Waals surface area (Å²) in [6.07, 6.45) is 5.00. The SMILES string of the molecule is CC1CCCNC1C(=O)N(CC1CC1)C(C)C. The van der Waals surface area contributed by atoms with Crippen LogP contribution in [0.2, 0.25) is 0 Å². The molecule has 1 saturated carbocycles. The topological polar surface area (TPSA) is 32.3 Å². The maximum absolute atomic E-state index is 12.6. The Balaban J connectivity index is 1.98. The van der Waals surface area contributed by atoms with Crippen LogP contribution in [0.25, 0.3) is 0 Å². The highest BCUT2D eigenvalue weighted by atomic mass is 16.2. The Labute approximate surface area is 105 Å². The first-order chi connectivity index (χ1) is 8.09. The molecule has 3 heteroatoms. The minimum absolute atomic E-state index is 0.0601. The van der Waals surface area contributed by atoms with Gasteiger partial charge in [-0.2, -0.15) is 0 Å². The number of piperidine rings is 1. The standard InChI is InChI=1S/C14H26N2O/c1-10(2)16(9-12-6-7-12)14(17)13-11(3)5-4-8-15-13/h10-13,15H,4-9H2,1-3H3. The molecule has 2 aliphatic rings. The van der Waals surface area contributed by atoms with Gasteiger partial charge in [-0.05, 0) is 57.9 Å². The predicted octanol–water partition coefficient (Wildman–Crippen LogP) is 2.02. The van der Waals surface area contributed by atoms with E-state index in [0.29, 0.717) is 17.9 Å². The molecule has 0 aromatic heterocycles. The summed E-state index contributed by atoms with van der Waals surface area (Å²) in [5, 5.41) is 3.41. The van der Waals surface area contributed by atoms with Crippen LogP contribution >= 0.6 is 0 Å². The minimum atomic E-state index is 0.0601. The molecule has 1 amide bonds. The first kappa shape index (κ1) is 12.9. The quantitative estimate of drug-likeness (QED) is 0.812. The molecule has 0 aromatic carbocycles. The summed E-state index contributed by atoms with van der Waals surface area (Å²) in [6, 6.07) is 0.393. The average Bonchev–Trinajstić information content (AvgIpc) is 3.09. The van der Waals surface area contributed by atoms with Crippen molar-refractivity contribution in [3.05, 3.63) is 0 Å². The van der Waals surface area contributed by atoms with Crippen molar-refractivity contribution in [1.29, 1.82) is 0 Å². The Morgan fingerprint density at radius 3 is 2.59 bits per heavy atom. The van der Waals surface area contributed by atoms with Crippen LogP contribution in [0.1, 0.15) is 46.5 Å². The van der Waals surface area contributed by atoms with Crippen molar-refractivity contribution in [2.45, 2.75) is 58.5 Å². The van der Waals surface area contributed by atoms with Crippen LogP contribution in [0, 0.1) is 11.8 Å². The normalized spacial score (nSPS) is 29.4. The summed E-state index contributed by atoms with van der Waals surface area (Å²) in [4.78, 5) is 14.7. The molecule has 1 heterocycles. The summed E-state index contributed by atoms with van der Waals surface area (Å²) in [7, 11) is 0. The third-order valence-electron chi connectivity index (χ3n) is 4.09. The molecule has 0 bridgehead atoms. The highest BCUT2D eigenvalue weighted by molar-refractivity contribution is 5.82. The molecule has 1 aliphatic heterocycles. The van der Waals surface area contributed by atoms with Gasteiger partial charge < -0.3 is 10.2 Å². The van der Waals surface area contributed by atoms with Crippen LogP contribution in [0.3, 0.4) is 0 Å². The second-order valence-corrected chi connectivity index (χ2v) is 6.08. The number of nitrogens with zero attached hydrogens (tertiary/aromatic N) is 1. The second kappa shape index (κ2) is 5.38. The van der Waals surface area contributed by atoms with Gasteiger partial charge in [0.15, 0.2) is 0 Å². The van der Waals surface area contributed by atoms with E-state index in [9.17, 15) is 4.79 Å². The Hall–Kier alpha value is -0.570. The van der Waals surface area contributed by atoms with E-state index in [0.717, 1.165) is 19.0 Å². The van der Waals surface area contributed by atoms with Gasteiger partial charge in [-0.25, -0.2) is 0 Å². The lowest BCUT2D eigenvalue weighted by Crippen LogP contribution is -2.54. The molecule has 1 saturated heterocycles. The zero-order chi connectivity index (χ0) is 12.4. The molecule has 0 spiro atoms. The maximum Gasteiger partial charge on any atom is 0.240 e. The summed E-state index contributed by atoms with van der Waals surface area (Å²) in [5.41, 5.74) is 0. The van der Waals surface area contributed by atoms with E-state index in [-0.39, 0.29) is 6.04 Å². The number of amides is 1. The van der Waals surface area contributed by atoms with E-state index in [1.165, 1.54) is 25.7 Å². The van der Waals surface area contributed by atoms with Gasteiger partial charge in [0.1, 0.15) is 0 Å². The van der Waals surface area contributed by atoms with E-state index >= 15 is 0 Å². The number of hydrogen-bond donors (Lipinski definition) is 1. The smallest absolute Gasteiger partial charge is 0.240 e. The van der Waals surface area contributed by atoms with Crippen molar-refractivity contribution < 1.29 is 4.79 Å². The van der Waals surface area contributed by atoms with Crippen LogP contribution in [-0.4, -0.2) is 36.0 Å². The zero-order valence-corrected chi connectivity index (χ0v) is 11.4. The summed E-state index contributed by atoms with van der Waals surface area (Å²) in [5.74, 6) is 1.59. The minimum Gasteiger partial charge on any atom is -0.339 e. The molecular formula is C14H26N2O. The Bertz CT molecular complexity index is 273. The molecule has 17 heavy (non-hydrogen) atoms. The summed E-state index contributed by atoms with van der Waals surface area (Å²) >= 11 is 0. The van der Waals surface area contributed by atoms with Crippen LogP contribution in [0.15, 0.2) is 0 Å². The lowest BCUT2D eigenvalue weighted by Gasteiger charge is -2.36. The monoisotopic (exact) mass is 238 g/mol. The van der Waals surface area contributed by atoms with Gasteiger partial charge in [0.25, 0.3) is 0 Å². The molecule has 2 atom stereocenters. The van der Waals surface area contributed by atoms with Gasteiger partial charge in [0.2, 0.25) is 5.91 Å². The fourth-order valence-corrected chi connectivity index (χ4v) is 2.69. The predicted molar refractivity (Wildman–Crippen MR) is 69.8 cm³/mol. The number of rotatable bonds is 4. The molecule has 2 rings (SSSR count). The van der Waals surface area contributed by atoms with E-state index in [4.69, 9.17) is 0 Å². The summed E-state index contributed by atoms with van der Waals surface area (Å²) < 4.78 is 0. The van der Waals surface area contributed by atoms with E-state index in [1.54, 1.807) is 0 Å². The highest BCUT2D eigenvalue weighted by Gasteiger charge is 2.34. The fourth-order valence-electron chi connectivity index (χ4n) is 2.69. The van der Waals surface area contributed by atoms with Gasteiger partial charge in [-0.15, -0.1) is 0 Å². The third-order valence-corrected chi connectivity index (χ3v) is 4.09. The molecule has 1 N–H and O–H groups in total. The number of carbonyl (C=O) groups excluding carboxylic acids is 1. The van der Waals surface area contributed by atoms with Gasteiger partial charge in [-0.1, -0.05) is 6.92 Å². The Morgan fingerprint density at radius 1 is 1.35 bits per heavy atom. The molecule has 0 radical (unpaired) electrons. The van der Waals surface area contributed by atoms with Crippen LogP contribution in [-0.2, 0) is 4.79 Å². The van der Waals surface area contributed by atoms with E-state index in [1.807, 2.05) is 0 Å². The first-order valence-electron chi connectivity index (χ1n) is 7.13. The first-order valence-corrected chi connectivity index (χ1v) is 7.13. The molecule has 2 fully saturated rings. The van der Waals surface area contributed by atoms with Gasteiger partial charge in [-0.3, -0.25) is 4.79 Å². The van der Waals surface area contributed by atoms with E-state index < -0.39 is 0 Å². The third kappa shape index (κ3) is 3.21. The highest BCUT2D eigenvalue weighted by Crippen LogP contribution is 2.31. The maximum atomic E-state index is 12.6. The van der Waals surface area contributed by atoms with Gasteiger partial charge in [0.05, 0.1) is 6.04 Å². The fraction of sp³-hybridized carbons (Fsp3) is 0.929. The lowest BCUT2D eigenvalue weighted by molar-refractivity contribution is -0.137. The molecule has 1 aliphatic carbocycles. The Morgan fingerprint density at radius 2 is 2.06 bits per heavy atom. The van der Waals surface area contributed by atoms with Gasteiger partial charge >= 0.3 is 0 Å². The van der Waals surface area contributed by atoms with Crippen molar-refractivity contribution in [3.63, 3.8) is 0 Å². The van der Waals surface area contributed by atoms with Crippen molar-refractivity contribution in [3.8, 4) is 0 Å². The number of nitrogens with one attached hydrogen (secondary N) is 1. The van der Waals surface area contributed by atoms with Crippen molar-refractivity contribution >= 4 is 5.91 Å². The van der Waals surface area contributed by atoms with Crippen LogP contribution in [0.5, 0.6) is 0 Å². The second-order valence-electron chi connectivity index (χ2n) is 6.08. The van der Waals surface area contributed by atoms with Crippen molar-refractivity contribution in [1.82, 2.24) is 10.2 Å². The zero-order valence-electron chi connectivity index (χ0n) is 11.4. The average molecular weight is 238 g/mol. The summed E-state index contributed by atoms with van der Waals surface area (Å²) in [6.45, 7) is 8.43. The molecule has 3 nitrogen and oxygen atoms in total. The van der Waals surface area contributed by atoms with Crippen LogP contribution < -0.4 is 5.32 Å². The molecule has 0 aromatic rings. The van der Waals surface area contributed by atoms with E-state index in [2.05, 4.69) is 31.0 Å². The molecular weight excluding hydrogens is 212 g/mol. The van der Waals surface area contributed by atoms with Crippen LogP contribution in [0.4, 0.5) is 0 Å². The lowest BCUT2D eigenvalue weighted by atomic mass is 9.91. The van der Waals surface area contributed by atoms with Crippen molar-refractivity contribution in [2.24, 2.45) is 11.8 Å².